The smallest absolute Gasteiger partial charge is 0.219 e. The summed E-state index contributed by atoms with van der Waals surface area (Å²) in [4.78, 5) is 18.4. The minimum Gasteiger partial charge on any atom is -0.343 e. The molecular formula is C27H38N2O. The maximum atomic E-state index is 11.9. The Labute approximate surface area is 182 Å². The molecule has 1 aromatic rings. The number of allylic oxidation sites excluding steroid dienone is 2. The van der Waals surface area contributed by atoms with Crippen molar-refractivity contribution in [1.29, 1.82) is 0 Å². The van der Waals surface area contributed by atoms with Gasteiger partial charge in [0.2, 0.25) is 5.91 Å². The minimum atomic E-state index is 0.227. The molecule has 162 valence electrons. The van der Waals surface area contributed by atoms with E-state index in [4.69, 9.17) is 0 Å². The van der Waals surface area contributed by atoms with Crippen LogP contribution in [0, 0.1) is 34.5 Å². The molecule has 5 rings (SSSR count). The number of carbonyl (C=O) groups is 1. The molecule has 3 heteroatoms. The third-order valence-electron chi connectivity index (χ3n) is 10.2. The molecule has 7 atom stereocenters. The number of hydrogen-bond donors (Lipinski definition) is 0. The highest BCUT2D eigenvalue weighted by atomic mass is 16.2. The number of amides is 1. The van der Waals surface area contributed by atoms with Gasteiger partial charge in [-0.25, -0.2) is 0 Å². The first-order valence-electron chi connectivity index (χ1n) is 12.2. The van der Waals surface area contributed by atoms with Gasteiger partial charge in [-0.1, -0.05) is 26.0 Å². The maximum absolute atomic E-state index is 11.9. The summed E-state index contributed by atoms with van der Waals surface area (Å²) >= 11 is 0. The molecule has 0 aliphatic heterocycles. The van der Waals surface area contributed by atoms with Crippen molar-refractivity contribution < 1.29 is 4.79 Å². The molecule has 0 spiro atoms. The molecule has 7 unspecified atom stereocenters. The first kappa shape index (κ1) is 20.3. The molecule has 0 N–H and O–H groups in total. The molecule has 3 fully saturated rings. The summed E-state index contributed by atoms with van der Waals surface area (Å²) in [5.41, 5.74) is 3.70. The van der Waals surface area contributed by atoms with Gasteiger partial charge in [0, 0.05) is 32.4 Å². The lowest BCUT2D eigenvalue weighted by Gasteiger charge is -2.61. The van der Waals surface area contributed by atoms with Crippen LogP contribution in [-0.4, -0.2) is 28.9 Å². The van der Waals surface area contributed by atoms with Crippen LogP contribution in [0.25, 0.3) is 5.57 Å². The molecule has 1 amide bonds. The molecule has 1 heterocycles. The van der Waals surface area contributed by atoms with Gasteiger partial charge in [-0.15, -0.1) is 0 Å². The predicted molar refractivity (Wildman–Crippen MR) is 122 cm³/mol. The highest BCUT2D eigenvalue weighted by Crippen LogP contribution is 2.67. The van der Waals surface area contributed by atoms with E-state index in [0.717, 1.165) is 23.7 Å². The molecule has 0 saturated heterocycles. The summed E-state index contributed by atoms with van der Waals surface area (Å²) < 4.78 is 0. The van der Waals surface area contributed by atoms with Crippen LogP contribution in [0.5, 0.6) is 0 Å². The van der Waals surface area contributed by atoms with Gasteiger partial charge in [0.05, 0.1) is 0 Å². The topological polar surface area (TPSA) is 33.2 Å². The van der Waals surface area contributed by atoms with E-state index in [2.05, 4.69) is 43.2 Å². The number of aromatic nitrogens is 1. The third-order valence-corrected chi connectivity index (χ3v) is 10.2. The second-order valence-electron chi connectivity index (χ2n) is 11.3. The number of carbonyl (C=O) groups excluding carboxylic acids is 1. The summed E-state index contributed by atoms with van der Waals surface area (Å²) in [5, 5.41) is 0. The van der Waals surface area contributed by atoms with Gasteiger partial charge in [0.15, 0.2) is 0 Å². The summed E-state index contributed by atoms with van der Waals surface area (Å²) in [5.74, 6) is 3.53. The zero-order valence-corrected chi connectivity index (χ0v) is 19.2. The normalized spacial score (nSPS) is 42.5. The highest BCUT2D eigenvalue weighted by molar-refractivity contribution is 5.73. The summed E-state index contributed by atoms with van der Waals surface area (Å²) in [7, 11) is 2.01. The Hall–Kier alpha value is -1.64. The van der Waals surface area contributed by atoms with Crippen LogP contribution in [0.15, 0.2) is 30.6 Å². The predicted octanol–water partition coefficient (Wildman–Crippen LogP) is 5.96. The fraction of sp³-hybridized carbons (Fsp3) is 0.704. The fourth-order valence-corrected chi connectivity index (χ4v) is 8.38. The lowest BCUT2D eigenvalue weighted by Crippen LogP contribution is -2.55. The summed E-state index contributed by atoms with van der Waals surface area (Å²) in [6, 6.07) is 4.79. The van der Waals surface area contributed by atoms with Crippen LogP contribution in [0.3, 0.4) is 0 Å². The molecule has 0 radical (unpaired) electrons. The van der Waals surface area contributed by atoms with Gasteiger partial charge in [0.1, 0.15) is 0 Å². The van der Waals surface area contributed by atoms with E-state index in [0.29, 0.717) is 16.9 Å². The van der Waals surface area contributed by atoms with Crippen LogP contribution in [0.1, 0.15) is 77.7 Å². The van der Waals surface area contributed by atoms with Crippen molar-refractivity contribution in [1.82, 2.24) is 9.88 Å². The van der Waals surface area contributed by atoms with Gasteiger partial charge in [-0.2, -0.15) is 0 Å². The molecule has 0 bridgehead atoms. The van der Waals surface area contributed by atoms with Crippen molar-refractivity contribution in [3.05, 3.63) is 36.2 Å². The zero-order valence-electron chi connectivity index (χ0n) is 19.2. The second kappa shape index (κ2) is 7.21. The van der Waals surface area contributed by atoms with Gasteiger partial charge in [-0.05, 0) is 103 Å². The molecular weight excluding hydrogens is 368 g/mol. The van der Waals surface area contributed by atoms with Crippen molar-refractivity contribution in [2.75, 3.05) is 7.05 Å². The Morgan fingerprint density at radius 2 is 1.97 bits per heavy atom. The highest BCUT2D eigenvalue weighted by Gasteiger charge is 2.58. The van der Waals surface area contributed by atoms with Gasteiger partial charge in [0.25, 0.3) is 0 Å². The van der Waals surface area contributed by atoms with Crippen LogP contribution < -0.4 is 0 Å². The van der Waals surface area contributed by atoms with E-state index in [1.54, 1.807) is 12.5 Å². The SMILES string of the molecule is CC(=O)N(C)C1CCC2(C)C(CCC3C4CC=C(c5cccnc5)C4(C)CCC32)C1. The number of rotatable bonds is 2. The molecule has 0 aromatic carbocycles. The fourth-order valence-electron chi connectivity index (χ4n) is 8.38. The first-order valence-corrected chi connectivity index (χ1v) is 12.2. The lowest BCUT2D eigenvalue weighted by atomic mass is 9.44. The molecule has 30 heavy (non-hydrogen) atoms. The number of nitrogens with zero attached hydrogens (tertiary/aromatic N) is 2. The third kappa shape index (κ3) is 2.91. The van der Waals surface area contributed by atoms with Crippen molar-refractivity contribution in [3.63, 3.8) is 0 Å². The van der Waals surface area contributed by atoms with E-state index in [1.807, 2.05) is 18.1 Å². The largest absolute Gasteiger partial charge is 0.343 e. The standard InChI is InChI=1S/C27H38N2O/c1-18(30)29(4)21-11-13-26(2)20(16-21)7-8-22-24-10-9-23(19-6-5-15-28-17-19)27(24,3)14-12-25(22)26/h5-6,9,15,17,20-22,24-25H,7-8,10-14,16H2,1-4H3. The average Bonchev–Trinajstić information content (AvgIpc) is 3.10. The minimum absolute atomic E-state index is 0.227. The quantitative estimate of drug-likeness (QED) is 0.607. The Morgan fingerprint density at radius 1 is 1.13 bits per heavy atom. The van der Waals surface area contributed by atoms with Crippen molar-refractivity contribution in [2.45, 2.75) is 78.2 Å². The Morgan fingerprint density at radius 3 is 2.70 bits per heavy atom. The summed E-state index contributed by atoms with van der Waals surface area (Å²) in [6.45, 7) is 6.89. The Kier molecular flexibility index (Phi) is 4.87. The van der Waals surface area contributed by atoms with E-state index in [-0.39, 0.29) is 5.91 Å². The van der Waals surface area contributed by atoms with E-state index >= 15 is 0 Å². The van der Waals surface area contributed by atoms with Crippen LogP contribution in [-0.2, 0) is 4.79 Å². The number of fused-ring (bicyclic) bond motifs is 5. The van der Waals surface area contributed by atoms with Crippen LogP contribution in [0.2, 0.25) is 0 Å². The molecule has 3 nitrogen and oxygen atoms in total. The van der Waals surface area contributed by atoms with Crippen LogP contribution >= 0.6 is 0 Å². The summed E-state index contributed by atoms with van der Waals surface area (Å²) in [6.07, 6.45) is 16.9. The zero-order chi connectivity index (χ0) is 21.1. The monoisotopic (exact) mass is 406 g/mol. The molecule has 4 aliphatic carbocycles. The van der Waals surface area contributed by atoms with E-state index in [9.17, 15) is 4.79 Å². The van der Waals surface area contributed by atoms with E-state index < -0.39 is 0 Å². The first-order chi connectivity index (χ1) is 14.3. The van der Waals surface area contributed by atoms with E-state index in [1.165, 1.54) is 56.9 Å². The number of pyridine rings is 1. The van der Waals surface area contributed by atoms with Gasteiger partial charge in [-0.3, -0.25) is 9.78 Å². The van der Waals surface area contributed by atoms with Gasteiger partial charge >= 0.3 is 0 Å². The Bertz CT molecular complexity index is 848. The second-order valence-corrected chi connectivity index (χ2v) is 11.3. The van der Waals surface area contributed by atoms with Crippen molar-refractivity contribution in [3.8, 4) is 0 Å². The molecule has 3 saturated carbocycles. The van der Waals surface area contributed by atoms with Crippen molar-refractivity contribution >= 4 is 11.5 Å². The molecule has 4 aliphatic rings. The van der Waals surface area contributed by atoms with Crippen LogP contribution in [0.4, 0.5) is 0 Å². The average molecular weight is 407 g/mol. The van der Waals surface area contributed by atoms with Gasteiger partial charge < -0.3 is 4.90 Å². The maximum Gasteiger partial charge on any atom is 0.219 e. The molecule has 1 aromatic heterocycles. The number of hydrogen-bond acceptors (Lipinski definition) is 2. The lowest BCUT2D eigenvalue weighted by molar-refractivity contribution is -0.136. The Balaban J connectivity index is 1.37. The van der Waals surface area contributed by atoms with Crippen molar-refractivity contribution in [2.24, 2.45) is 34.5 Å².